The Bertz CT molecular complexity index is 636. The largest absolute Gasteiger partial charge is 0.497 e. The highest BCUT2D eigenvalue weighted by Gasteiger charge is 2.18. The molecule has 20 heavy (non-hydrogen) atoms. The third-order valence-electron chi connectivity index (χ3n) is 3.42. The summed E-state index contributed by atoms with van der Waals surface area (Å²) < 4.78 is 10.4. The molecule has 1 aliphatic rings. The lowest BCUT2D eigenvalue weighted by Gasteiger charge is -2.10. The molecule has 1 aromatic carbocycles. The highest BCUT2D eigenvalue weighted by Crippen LogP contribution is 2.19. The summed E-state index contributed by atoms with van der Waals surface area (Å²) in [6.45, 7) is 1.30. The summed E-state index contributed by atoms with van der Waals surface area (Å²) in [5.41, 5.74) is 1.37. The van der Waals surface area contributed by atoms with E-state index in [4.69, 9.17) is 9.47 Å². The molecule has 1 aliphatic heterocycles. The van der Waals surface area contributed by atoms with Gasteiger partial charge in [-0.3, -0.25) is 9.78 Å². The van der Waals surface area contributed by atoms with Crippen molar-refractivity contribution >= 4 is 16.8 Å². The second-order valence-electron chi connectivity index (χ2n) is 4.82. The van der Waals surface area contributed by atoms with Crippen molar-refractivity contribution in [1.82, 2.24) is 10.3 Å². The molecule has 0 bridgehead atoms. The second-order valence-corrected chi connectivity index (χ2v) is 4.82. The molecule has 1 atom stereocenters. The number of nitrogens with one attached hydrogen (secondary N) is 1. The molecule has 1 amide bonds. The van der Waals surface area contributed by atoms with Gasteiger partial charge in [-0.25, -0.2) is 0 Å². The van der Waals surface area contributed by atoms with Crippen LogP contribution >= 0.6 is 0 Å². The third-order valence-corrected chi connectivity index (χ3v) is 3.42. The van der Waals surface area contributed by atoms with E-state index in [9.17, 15) is 4.79 Å². The number of nitrogens with zero attached hydrogens (tertiary/aromatic N) is 1. The van der Waals surface area contributed by atoms with Crippen LogP contribution in [0.3, 0.4) is 0 Å². The van der Waals surface area contributed by atoms with Crippen molar-refractivity contribution < 1.29 is 14.3 Å². The fraction of sp³-hybridized carbons (Fsp3) is 0.333. The van der Waals surface area contributed by atoms with Crippen LogP contribution in [0.15, 0.2) is 30.5 Å². The number of methoxy groups -OCH3 is 1. The van der Waals surface area contributed by atoms with Crippen LogP contribution in [0.4, 0.5) is 0 Å². The van der Waals surface area contributed by atoms with Crippen molar-refractivity contribution in [2.24, 2.45) is 0 Å². The molecule has 1 saturated heterocycles. The van der Waals surface area contributed by atoms with Crippen molar-refractivity contribution in [3.63, 3.8) is 0 Å². The normalized spacial score (nSPS) is 18.1. The van der Waals surface area contributed by atoms with E-state index in [0.29, 0.717) is 18.8 Å². The SMILES string of the molecule is COc1ccc2cc(C(=O)N[C@H]3CCOC3)cnc2c1. The van der Waals surface area contributed by atoms with Gasteiger partial charge < -0.3 is 14.8 Å². The van der Waals surface area contributed by atoms with Crippen LogP contribution in [-0.2, 0) is 4.74 Å². The topological polar surface area (TPSA) is 60.5 Å². The molecule has 1 N–H and O–H groups in total. The van der Waals surface area contributed by atoms with Crippen LogP contribution in [-0.4, -0.2) is 37.3 Å². The fourth-order valence-corrected chi connectivity index (χ4v) is 2.27. The zero-order valence-electron chi connectivity index (χ0n) is 11.3. The summed E-state index contributed by atoms with van der Waals surface area (Å²) >= 11 is 0. The molecule has 1 fully saturated rings. The van der Waals surface area contributed by atoms with Gasteiger partial charge >= 0.3 is 0 Å². The molecule has 2 aromatic rings. The summed E-state index contributed by atoms with van der Waals surface area (Å²) in [7, 11) is 1.62. The van der Waals surface area contributed by atoms with Crippen LogP contribution in [0, 0.1) is 0 Å². The number of rotatable bonds is 3. The maximum atomic E-state index is 12.1. The Morgan fingerprint density at radius 2 is 2.35 bits per heavy atom. The van der Waals surface area contributed by atoms with Gasteiger partial charge in [0.25, 0.3) is 5.91 Å². The second kappa shape index (κ2) is 5.46. The van der Waals surface area contributed by atoms with Gasteiger partial charge in [-0.15, -0.1) is 0 Å². The quantitative estimate of drug-likeness (QED) is 0.925. The van der Waals surface area contributed by atoms with E-state index in [1.54, 1.807) is 13.3 Å². The molecule has 104 valence electrons. The molecule has 2 heterocycles. The minimum Gasteiger partial charge on any atom is -0.497 e. The summed E-state index contributed by atoms with van der Waals surface area (Å²) in [4.78, 5) is 16.4. The number of carbonyl (C=O) groups is 1. The van der Waals surface area contributed by atoms with Crippen molar-refractivity contribution in [3.8, 4) is 5.75 Å². The number of fused-ring (bicyclic) bond motifs is 1. The molecule has 0 radical (unpaired) electrons. The number of hydrogen-bond donors (Lipinski definition) is 1. The van der Waals surface area contributed by atoms with Crippen LogP contribution < -0.4 is 10.1 Å². The summed E-state index contributed by atoms with van der Waals surface area (Å²) in [6.07, 6.45) is 2.46. The van der Waals surface area contributed by atoms with Gasteiger partial charge in [0.2, 0.25) is 0 Å². The minimum absolute atomic E-state index is 0.106. The van der Waals surface area contributed by atoms with E-state index in [2.05, 4.69) is 10.3 Å². The molecule has 0 saturated carbocycles. The average molecular weight is 272 g/mol. The summed E-state index contributed by atoms with van der Waals surface area (Å²) in [5.74, 6) is 0.649. The first kappa shape index (κ1) is 12.9. The van der Waals surface area contributed by atoms with Crippen LogP contribution in [0.25, 0.3) is 10.9 Å². The van der Waals surface area contributed by atoms with Gasteiger partial charge in [-0.05, 0) is 24.6 Å². The van der Waals surface area contributed by atoms with E-state index in [1.807, 2.05) is 24.3 Å². The number of carbonyl (C=O) groups excluding carboxylic acids is 1. The Hall–Kier alpha value is -2.14. The van der Waals surface area contributed by atoms with E-state index in [0.717, 1.165) is 23.1 Å². The highest BCUT2D eigenvalue weighted by molar-refractivity contribution is 5.97. The van der Waals surface area contributed by atoms with Gasteiger partial charge in [-0.1, -0.05) is 0 Å². The molecule has 0 aliphatic carbocycles. The Morgan fingerprint density at radius 1 is 1.45 bits per heavy atom. The van der Waals surface area contributed by atoms with Gasteiger partial charge in [0.05, 0.1) is 30.8 Å². The predicted molar refractivity (Wildman–Crippen MR) is 75.0 cm³/mol. The number of pyridine rings is 1. The predicted octanol–water partition coefficient (Wildman–Crippen LogP) is 1.76. The molecule has 5 heteroatoms. The zero-order chi connectivity index (χ0) is 13.9. The Labute approximate surface area is 116 Å². The Balaban J connectivity index is 1.82. The molecule has 3 rings (SSSR count). The average Bonchev–Trinajstić information content (AvgIpc) is 2.99. The Morgan fingerprint density at radius 3 is 3.10 bits per heavy atom. The van der Waals surface area contributed by atoms with E-state index < -0.39 is 0 Å². The number of hydrogen-bond acceptors (Lipinski definition) is 4. The number of benzene rings is 1. The van der Waals surface area contributed by atoms with E-state index in [1.165, 1.54) is 0 Å². The lowest BCUT2D eigenvalue weighted by Crippen LogP contribution is -2.35. The van der Waals surface area contributed by atoms with Crippen molar-refractivity contribution in [2.45, 2.75) is 12.5 Å². The maximum Gasteiger partial charge on any atom is 0.253 e. The first-order valence-corrected chi connectivity index (χ1v) is 6.58. The molecular formula is C15H16N2O3. The number of aromatic nitrogens is 1. The molecular weight excluding hydrogens is 256 g/mol. The van der Waals surface area contributed by atoms with Crippen LogP contribution in [0.2, 0.25) is 0 Å². The minimum atomic E-state index is -0.106. The van der Waals surface area contributed by atoms with Crippen LogP contribution in [0.5, 0.6) is 5.75 Å². The fourth-order valence-electron chi connectivity index (χ4n) is 2.27. The third kappa shape index (κ3) is 2.58. The lowest BCUT2D eigenvalue weighted by atomic mass is 10.1. The maximum absolute atomic E-state index is 12.1. The monoisotopic (exact) mass is 272 g/mol. The Kier molecular flexibility index (Phi) is 3.52. The summed E-state index contributed by atoms with van der Waals surface area (Å²) in [5, 5.41) is 3.87. The highest BCUT2D eigenvalue weighted by atomic mass is 16.5. The molecule has 5 nitrogen and oxygen atoms in total. The standard InChI is InChI=1S/C15H16N2O3/c1-19-13-3-2-10-6-11(8-16-14(10)7-13)15(18)17-12-4-5-20-9-12/h2-3,6-8,12H,4-5,9H2,1H3,(H,17,18)/t12-/m0/s1. The molecule has 0 unspecified atom stereocenters. The van der Waals surface area contributed by atoms with Gasteiger partial charge in [0.15, 0.2) is 0 Å². The lowest BCUT2D eigenvalue weighted by molar-refractivity contribution is 0.0929. The first-order valence-electron chi connectivity index (χ1n) is 6.58. The zero-order valence-corrected chi connectivity index (χ0v) is 11.3. The van der Waals surface area contributed by atoms with E-state index >= 15 is 0 Å². The molecule has 1 aromatic heterocycles. The molecule has 0 spiro atoms. The van der Waals surface area contributed by atoms with Gasteiger partial charge in [0, 0.05) is 24.3 Å². The van der Waals surface area contributed by atoms with Crippen molar-refractivity contribution in [3.05, 3.63) is 36.0 Å². The number of amides is 1. The van der Waals surface area contributed by atoms with Gasteiger partial charge in [0.1, 0.15) is 5.75 Å². The first-order chi connectivity index (χ1) is 9.76. The van der Waals surface area contributed by atoms with E-state index in [-0.39, 0.29) is 11.9 Å². The summed E-state index contributed by atoms with van der Waals surface area (Å²) in [6, 6.07) is 7.55. The number of ether oxygens (including phenoxy) is 2. The smallest absolute Gasteiger partial charge is 0.253 e. The van der Waals surface area contributed by atoms with Gasteiger partial charge in [-0.2, -0.15) is 0 Å². The van der Waals surface area contributed by atoms with Crippen molar-refractivity contribution in [2.75, 3.05) is 20.3 Å². The van der Waals surface area contributed by atoms with Crippen LogP contribution in [0.1, 0.15) is 16.8 Å². The van der Waals surface area contributed by atoms with Crippen molar-refractivity contribution in [1.29, 1.82) is 0 Å².